The molecule has 5 nitrogen and oxygen atoms in total. The molecule has 0 bridgehead atoms. The van der Waals surface area contributed by atoms with Gasteiger partial charge in [0.05, 0.1) is 16.7 Å². The maximum Gasteiger partial charge on any atom is 0.250 e. The molecule has 1 aliphatic rings. The van der Waals surface area contributed by atoms with Gasteiger partial charge in [0.25, 0.3) is 5.91 Å². The minimum atomic E-state index is -0.548. The van der Waals surface area contributed by atoms with Crippen LogP contribution < -0.4 is 16.8 Å². The molecule has 1 aliphatic carbocycles. The Kier molecular flexibility index (Phi) is 4.96. The lowest BCUT2D eigenvalue weighted by Crippen LogP contribution is -2.42. The molecule has 5 N–H and O–H groups in total. The van der Waals surface area contributed by atoms with Gasteiger partial charge in [-0.05, 0) is 25.0 Å². The molecule has 2 amide bonds. The van der Waals surface area contributed by atoms with Gasteiger partial charge in [0.1, 0.15) is 0 Å². The van der Waals surface area contributed by atoms with Gasteiger partial charge in [-0.3, -0.25) is 9.59 Å². The predicted octanol–water partition coefficient (Wildman–Crippen LogP) is 2.02. The fourth-order valence-electron chi connectivity index (χ4n) is 2.99. The van der Waals surface area contributed by atoms with Gasteiger partial charge in [0, 0.05) is 6.54 Å². The van der Waals surface area contributed by atoms with E-state index in [1.165, 1.54) is 0 Å². The Balaban J connectivity index is 2.21. The van der Waals surface area contributed by atoms with E-state index in [-0.39, 0.29) is 5.91 Å². The third kappa shape index (κ3) is 3.42. The van der Waals surface area contributed by atoms with E-state index in [9.17, 15) is 9.59 Å². The predicted molar refractivity (Wildman–Crippen MR) is 82.8 cm³/mol. The first-order chi connectivity index (χ1) is 10.1. The van der Waals surface area contributed by atoms with Gasteiger partial charge in [-0.25, -0.2) is 0 Å². The normalized spacial score (nSPS) is 17.8. The minimum Gasteiger partial charge on any atom is -0.366 e. The number of hydrogen-bond acceptors (Lipinski definition) is 3. The largest absolute Gasteiger partial charge is 0.366 e. The van der Waals surface area contributed by atoms with Crippen molar-refractivity contribution in [1.29, 1.82) is 0 Å². The van der Waals surface area contributed by atoms with Crippen LogP contribution in [-0.2, 0) is 4.79 Å². The molecule has 0 unspecified atom stereocenters. The first kappa shape index (κ1) is 15.5. The Morgan fingerprint density at radius 2 is 1.71 bits per heavy atom. The van der Waals surface area contributed by atoms with E-state index in [2.05, 4.69) is 5.32 Å². The van der Waals surface area contributed by atoms with Crippen LogP contribution in [0.4, 0.5) is 5.69 Å². The van der Waals surface area contributed by atoms with Crippen molar-refractivity contribution in [3.05, 3.63) is 29.8 Å². The molecule has 21 heavy (non-hydrogen) atoms. The first-order valence-electron chi connectivity index (χ1n) is 7.49. The van der Waals surface area contributed by atoms with Gasteiger partial charge >= 0.3 is 0 Å². The highest BCUT2D eigenvalue weighted by atomic mass is 16.2. The molecule has 1 fully saturated rings. The molecular formula is C16H23N3O2. The van der Waals surface area contributed by atoms with Crippen LogP contribution in [-0.4, -0.2) is 18.4 Å². The summed E-state index contributed by atoms with van der Waals surface area (Å²) in [5, 5.41) is 2.86. The van der Waals surface area contributed by atoms with E-state index in [0.717, 1.165) is 38.5 Å². The highest BCUT2D eigenvalue weighted by Gasteiger charge is 2.37. The fraction of sp³-hybridized carbons (Fsp3) is 0.500. The van der Waals surface area contributed by atoms with E-state index >= 15 is 0 Å². The Labute approximate surface area is 125 Å². The van der Waals surface area contributed by atoms with Crippen LogP contribution in [0, 0.1) is 5.41 Å². The number of nitrogens with one attached hydrogen (secondary N) is 1. The molecule has 1 aromatic rings. The topological polar surface area (TPSA) is 98.2 Å². The summed E-state index contributed by atoms with van der Waals surface area (Å²) >= 11 is 0. The number of primary amides is 1. The SMILES string of the molecule is NCC1(C(=O)Nc2ccccc2C(N)=O)CCCCCC1. The Morgan fingerprint density at radius 1 is 1.10 bits per heavy atom. The number of anilines is 1. The lowest BCUT2D eigenvalue weighted by molar-refractivity contribution is -0.125. The summed E-state index contributed by atoms with van der Waals surface area (Å²) in [6, 6.07) is 6.80. The standard InChI is InChI=1S/C16H23N3O2/c17-11-16(9-5-1-2-6-10-16)15(21)19-13-8-4-3-7-12(13)14(18)20/h3-4,7-8H,1-2,5-6,9-11,17H2,(H2,18,20)(H,19,21). The number of rotatable bonds is 4. The maximum absolute atomic E-state index is 12.7. The van der Waals surface area contributed by atoms with Crippen LogP contribution in [0.25, 0.3) is 0 Å². The molecule has 1 aromatic carbocycles. The molecule has 1 saturated carbocycles. The zero-order valence-electron chi connectivity index (χ0n) is 12.2. The highest BCUT2D eigenvalue weighted by Crippen LogP contribution is 2.35. The Hall–Kier alpha value is -1.88. The average molecular weight is 289 g/mol. The van der Waals surface area contributed by atoms with E-state index < -0.39 is 11.3 Å². The number of hydrogen-bond donors (Lipinski definition) is 3. The molecule has 2 rings (SSSR count). The van der Waals surface area contributed by atoms with Crippen molar-refractivity contribution < 1.29 is 9.59 Å². The zero-order valence-corrected chi connectivity index (χ0v) is 12.2. The smallest absolute Gasteiger partial charge is 0.250 e. The highest BCUT2D eigenvalue weighted by molar-refractivity contribution is 6.04. The van der Waals surface area contributed by atoms with Gasteiger partial charge in [0.2, 0.25) is 5.91 Å². The summed E-state index contributed by atoms with van der Waals surface area (Å²) in [7, 11) is 0. The van der Waals surface area contributed by atoms with Crippen LogP contribution in [0.15, 0.2) is 24.3 Å². The second kappa shape index (κ2) is 6.72. The summed E-state index contributed by atoms with van der Waals surface area (Å²) in [6.45, 7) is 0.331. The van der Waals surface area contributed by atoms with E-state index in [0.29, 0.717) is 17.8 Å². The average Bonchev–Trinajstić information content (AvgIpc) is 2.74. The molecule has 0 aromatic heterocycles. The lowest BCUT2D eigenvalue weighted by atomic mass is 9.79. The second-order valence-corrected chi connectivity index (χ2v) is 5.76. The summed E-state index contributed by atoms with van der Waals surface area (Å²) < 4.78 is 0. The van der Waals surface area contributed by atoms with E-state index in [1.807, 2.05) is 0 Å². The van der Waals surface area contributed by atoms with Crippen molar-refractivity contribution in [1.82, 2.24) is 0 Å². The van der Waals surface area contributed by atoms with Crippen molar-refractivity contribution in [2.24, 2.45) is 16.9 Å². The van der Waals surface area contributed by atoms with Crippen molar-refractivity contribution >= 4 is 17.5 Å². The van der Waals surface area contributed by atoms with Crippen molar-refractivity contribution in [2.75, 3.05) is 11.9 Å². The van der Waals surface area contributed by atoms with Crippen LogP contribution >= 0.6 is 0 Å². The minimum absolute atomic E-state index is 0.0967. The number of amides is 2. The summed E-state index contributed by atoms with van der Waals surface area (Å²) in [6.07, 6.45) is 5.92. The number of para-hydroxylation sites is 1. The first-order valence-corrected chi connectivity index (χ1v) is 7.49. The number of benzene rings is 1. The molecular weight excluding hydrogens is 266 g/mol. The molecule has 0 aliphatic heterocycles. The molecule has 0 heterocycles. The molecule has 0 spiro atoms. The quantitative estimate of drug-likeness (QED) is 0.739. The third-order valence-electron chi connectivity index (χ3n) is 4.37. The number of nitrogens with two attached hydrogens (primary N) is 2. The Bertz CT molecular complexity index is 520. The molecule has 114 valence electrons. The fourth-order valence-corrected chi connectivity index (χ4v) is 2.99. The van der Waals surface area contributed by atoms with Crippen molar-refractivity contribution in [3.8, 4) is 0 Å². The zero-order chi connectivity index (χ0) is 15.3. The molecule has 0 saturated heterocycles. The van der Waals surface area contributed by atoms with Crippen LogP contribution in [0.1, 0.15) is 48.9 Å². The Morgan fingerprint density at radius 3 is 2.29 bits per heavy atom. The van der Waals surface area contributed by atoms with Gasteiger partial charge in [-0.1, -0.05) is 37.8 Å². The van der Waals surface area contributed by atoms with Crippen LogP contribution in [0.3, 0.4) is 0 Å². The second-order valence-electron chi connectivity index (χ2n) is 5.76. The summed E-state index contributed by atoms with van der Waals surface area (Å²) in [4.78, 5) is 24.1. The van der Waals surface area contributed by atoms with E-state index in [4.69, 9.17) is 11.5 Å². The van der Waals surface area contributed by atoms with Gasteiger partial charge in [-0.15, -0.1) is 0 Å². The molecule has 5 heteroatoms. The molecule has 0 atom stereocenters. The van der Waals surface area contributed by atoms with Gasteiger partial charge in [0.15, 0.2) is 0 Å². The summed E-state index contributed by atoms with van der Waals surface area (Å²) in [5.41, 5.74) is 11.5. The van der Waals surface area contributed by atoms with Gasteiger partial charge in [-0.2, -0.15) is 0 Å². The van der Waals surface area contributed by atoms with E-state index in [1.54, 1.807) is 24.3 Å². The summed E-state index contributed by atoms with van der Waals surface area (Å²) in [5.74, 6) is -0.644. The van der Waals surface area contributed by atoms with Crippen LogP contribution in [0.5, 0.6) is 0 Å². The third-order valence-corrected chi connectivity index (χ3v) is 4.37. The van der Waals surface area contributed by atoms with Crippen LogP contribution in [0.2, 0.25) is 0 Å². The van der Waals surface area contributed by atoms with Crippen molar-refractivity contribution in [3.63, 3.8) is 0 Å². The molecule has 0 radical (unpaired) electrons. The number of carbonyl (C=O) groups excluding carboxylic acids is 2. The lowest BCUT2D eigenvalue weighted by Gasteiger charge is -2.30. The number of carbonyl (C=O) groups is 2. The van der Waals surface area contributed by atoms with Gasteiger partial charge < -0.3 is 16.8 Å². The van der Waals surface area contributed by atoms with Crippen molar-refractivity contribution in [2.45, 2.75) is 38.5 Å². The maximum atomic E-state index is 12.7. The monoisotopic (exact) mass is 289 g/mol.